The van der Waals surface area contributed by atoms with Crippen molar-refractivity contribution in [2.45, 2.75) is 12.6 Å². The molecule has 4 heteroatoms. The van der Waals surface area contributed by atoms with E-state index >= 15 is 0 Å². The van der Waals surface area contributed by atoms with E-state index in [1.54, 1.807) is 14.2 Å². The lowest BCUT2D eigenvalue weighted by molar-refractivity contribution is 0.116. The second-order valence-electron chi connectivity index (χ2n) is 3.12. The molecule has 0 fully saturated rings. The van der Waals surface area contributed by atoms with Crippen LogP contribution in [0.4, 0.5) is 0 Å². The molecule has 0 saturated carbocycles. The van der Waals surface area contributed by atoms with E-state index < -0.39 is 6.23 Å². The zero-order chi connectivity index (χ0) is 11.1. The highest BCUT2D eigenvalue weighted by molar-refractivity contribution is 5.31. The summed E-state index contributed by atoms with van der Waals surface area (Å²) in [6.45, 7) is 0.480. The molecule has 0 aliphatic rings. The number of aliphatic hydroxyl groups excluding tert-OH is 1. The highest BCUT2D eigenvalue weighted by Gasteiger charge is 2.00. The summed E-state index contributed by atoms with van der Waals surface area (Å²) < 4.78 is 10.4. The van der Waals surface area contributed by atoms with Crippen molar-refractivity contribution in [1.29, 1.82) is 0 Å². The number of nitrogens with one attached hydrogen (secondary N) is 1. The number of methoxy groups -OCH3 is 1. The Labute approximate surface area is 89.8 Å². The Bertz CT molecular complexity index is 274. The van der Waals surface area contributed by atoms with Crippen molar-refractivity contribution in [3.8, 4) is 11.5 Å². The third kappa shape index (κ3) is 4.18. The normalized spacial score (nSPS) is 12.2. The van der Waals surface area contributed by atoms with Gasteiger partial charge in [0.1, 0.15) is 17.7 Å². The summed E-state index contributed by atoms with van der Waals surface area (Å²) in [5.74, 6) is 1.58. The van der Waals surface area contributed by atoms with E-state index in [2.05, 4.69) is 5.32 Å². The first-order valence-corrected chi connectivity index (χ1v) is 4.88. The fourth-order valence-corrected chi connectivity index (χ4v) is 1.10. The summed E-state index contributed by atoms with van der Waals surface area (Å²) in [6.07, 6.45) is 0.0472. The molecule has 0 heterocycles. The highest BCUT2D eigenvalue weighted by Crippen LogP contribution is 2.16. The van der Waals surface area contributed by atoms with Crippen LogP contribution in [0.2, 0.25) is 0 Å². The van der Waals surface area contributed by atoms with Crippen LogP contribution in [0.1, 0.15) is 6.42 Å². The van der Waals surface area contributed by atoms with Crippen LogP contribution in [-0.4, -0.2) is 32.1 Å². The highest BCUT2D eigenvalue weighted by atomic mass is 16.5. The number of hydrogen-bond donors (Lipinski definition) is 2. The number of rotatable bonds is 6. The van der Waals surface area contributed by atoms with E-state index in [9.17, 15) is 5.11 Å². The first kappa shape index (κ1) is 11.8. The monoisotopic (exact) mass is 211 g/mol. The summed E-state index contributed by atoms with van der Waals surface area (Å²) in [5.41, 5.74) is 0. The maximum atomic E-state index is 9.21. The molecule has 0 aliphatic carbocycles. The standard InChI is InChI=1S/C11H17NO3/c1-12-11(13)7-8-15-10-5-3-9(14-2)4-6-10/h3-6,11-13H,7-8H2,1-2H3/t11-/m0/s1. The molecule has 0 aromatic heterocycles. The Morgan fingerprint density at radius 2 is 1.87 bits per heavy atom. The van der Waals surface area contributed by atoms with Gasteiger partial charge in [0, 0.05) is 6.42 Å². The Balaban J connectivity index is 2.31. The third-order valence-corrected chi connectivity index (χ3v) is 2.05. The van der Waals surface area contributed by atoms with Gasteiger partial charge in [-0.2, -0.15) is 0 Å². The van der Waals surface area contributed by atoms with Crippen molar-refractivity contribution in [2.75, 3.05) is 20.8 Å². The van der Waals surface area contributed by atoms with E-state index in [-0.39, 0.29) is 0 Å². The first-order valence-electron chi connectivity index (χ1n) is 4.88. The summed E-state index contributed by atoms with van der Waals surface area (Å²) >= 11 is 0. The van der Waals surface area contributed by atoms with Crippen LogP contribution < -0.4 is 14.8 Å². The predicted octanol–water partition coefficient (Wildman–Crippen LogP) is 1.00. The van der Waals surface area contributed by atoms with Gasteiger partial charge in [0.25, 0.3) is 0 Å². The summed E-state index contributed by atoms with van der Waals surface area (Å²) in [4.78, 5) is 0. The predicted molar refractivity (Wildman–Crippen MR) is 58.2 cm³/mol. The molecule has 15 heavy (non-hydrogen) atoms. The number of aliphatic hydroxyl groups is 1. The zero-order valence-corrected chi connectivity index (χ0v) is 9.06. The van der Waals surface area contributed by atoms with Crippen molar-refractivity contribution in [1.82, 2.24) is 5.32 Å². The molecule has 0 saturated heterocycles. The van der Waals surface area contributed by atoms with Gasteiger partial charge < -0.3 is 14.6 Å². The van der Waals surface area contributed by atoms with Crippen molar-refractivity contribution < 1.29 is 14.6 Å². The SMILES string of the molecule is CN[C@@H](O)CCOc1ccc(OC)cc1. The van der Waals surface area contributed by atoms with Gasteiger partial charge >= 0.3 is 0 Å². The van der Waals surface area contributed by atoms with E-state index in [1.807, 2.05) is 24.3 Å². The zero-order valence-electron chi connectivity index (χ0n) is 9.06. The van der Waals surface area contributed by atoms with Gasteiger partial charge in [-0.3, -0.25) is 5.32 Å². The van der Waals surface area contributed by atoms with E-state index in [1.165, 1.54) is 0 Å². The van der Waals surface area contributed by atoms with Crippen LogP contribution in [-0.2, 0) is 0 Å². The fourth-order valence-electron chi connectivity index (χ4n) is 1.10. The molecule has 1 aromatic carbocycles. The number of ether oxygens (including phenoxy) is 2. The third-order valence-electron chi connectivity index (χ3n) is 2.05. The molecule has 0 amide bonds. The molecule has 0 bridgehead atoms. The molecule has 0 unspecified atom stereocenters. The van der Waals surface area contributed by atoms with Crippen LogP contribution in [0.15, 0.2) is 24.3 Å². The van der Waals surface area contributed by atoms with E-state index in [0.29, 0.717) is 13.0 Å². The summed E-state index contributed by atoms with van der Waals surface area (Å²) in [7, 11) is 3.33. The Kier molecular flexibility index (Phi) is 4.93. The topological polar surface area (TPSA) is 50.7 Å². The van der Waals surface area contributed by atoms with Crippen LogP contribution in [0.25, 0.3) is 0 Å². The fraction of sp³-hybridized carbons (Fsp3) is 0.455. The molecule has 1 atom stereocenters. The quantitative estimate of drug-likeness (QED) is 0.689. The molecule has 0 spiro atoms. The second-order valence-corrected chi connectivity index (χ2v) is 3.12. The van der Waals surface area contributed by atoms with Crippen molar-refractivity contribution in [3.63, 3.8) is 0 Å². The molecule has 2 N–H and O–H groups in total. The summed E-state index contributed by atoms with van der Waals surface area (Å²) in [5, 5.41) is 11.9. The molecule has 1 aromatic rings. The van der Waals surface area contributed by atoms with Crippen molar-refractivity contribution in [3.05, 3.63) is 24.3 Å². The second kappa shape index (κ2) is 6.27. The van der Waals surface area contributed by atoms with E-state index in [0.717, 1.165) is 11.5 Å². The summed E-state index contributed by atoms with van der Waals surface area (Å²) in [6, 6.07) is 7.35. The molecular weight excluding hydrogens is 194 g/mol. The van der Waals surface area contributed by atoms with Crippen LogP contribution in [0, 0.1) is 0 Å². The molecule has 0 aliphatic heterocycles. The number of hydrogen-bond acceptors (Lipinski definition) is 4. The Morgan fingerprint density at radius 1 is 1.27 bits per heavy atom. The smallest absolute Gasteiger partial charge is 0.119 e. The van der Waals surface area contributed by atoms with Gasteiger partial charge in [-0.05, 0) is 31.3 Å². The van der Waals surface area contributed by atoms with Gasteiger partial charge in [-0.25, -0.2) is 0 Å². The van der Waals surface area contributed by atoms with Crippen molar-refractivity contribution in [2.24, 2.45) is 0 Å². The molecule has 1 rings (SSSR count). The van der Waals surface area contributed by atoms with Gasteiger partial charge in [0.15, 0.2) is 0 Å². The average molecular weight is 211 g/mol. The minimum Gasteiger partial charge on any atom is -0.497 e. The van der Waals surface area contributed by atoms with Crippen LogP contribution in [0.5, 0.6) is 11.5 Å². The van der Waals surface area contributed by atoms with Gasteiger partial charge in [0.05, 0.1) is 13.7 Å². The lowest BCUT2D eigenvalue weighted by atomic mass is 10.3. The van der Waals surface area contributed by atoms with Gasteiger partial charge in [0.2, 0.25) is 0 Å². The molecule has 84 valence electrons. The minimum absolute atomic E-state index is 0.480. The first-order chi connectivity index (χ1) is 7.26. The molecule has 0 radical (unpaired) electrons. The van der Waals surface area contributed by atoms with Crippen LogP contribution >= 0.6 is 0 Å². The maximum Gasteiger partial charge on any atom is 0.119 e. The lowest BCUT2D eigenvalue weighted by Gasteiger charge is -2.10. The molecular formula is C11H17NO3. The maximum absolute atomic E-state index is 9.21. The molecule has 4 nitrogen and oxygen atoms in total. The van der Waals surface area contributed by atoms with E-state index in [4.69, 9.17) is 9.47 Å². The largest absolute Gasteiger partial charge is 0.497 e. The van der Waals surface area contributed by atoms with Crippen LogP contribution in [0.3, 0.4) is 0 Å². The van der Waals surface area contributed by atoms with Crippen molar-refractivity contribution >= 4 is 0 Å². The number of benzene rings is 1. The Hall–Kier alpha value is -1.26. The average Bonchev–Trinajstić information content (AvgIpc) is 2.29. The Morgan fingerprint density at radius 3 is 2.40 bits per heavy atom. The lowest BCUT2D eigenvalue weighted by Crippen LogP contribution is -2.26. The van der Waals surface area contributed by atoms with Gasteiger partial charge in [-0.15, -0.1) is 0 Å². The van der Waals surface area contributed by atoms with Gasteiger partial charge in [-0.1, -0.05) is 0 Å². The minimum atomic E-state index is -0.511.